The van der Waals surface area contributed by atoms with Crippen molar-refractivity contribution in [2.24, 2.45) is 0 Å². The van der Waals surface area contributed by atoms with Gasteiger partial charge in [0, 0.05) is 0 Å². The fourth-order valence-electron chi connectivity index (χ4n) is 0.581. The second-order valence-corrected chi connectivity index (χ2v) is 1.56. The summed E-state index contributed by atoms with van der Waals surface area (Å²) in [4.78, 5) is 3.88. The maximum absolute atomic E-state index is 8.01. The first kappa shape index (κ1) is 5.75. The Morgan fingerprint density at radius 1 is 1.75 bits per heavy atom. The largest absolute Gasteiger partial charge is 0.346 e. The van der Waals surface area contributed by atoms with E-state index in [0.717, 1.165) is 6.42 Å². The van der Waals surface area contributed by atoms with Crippen LogP contribution in [-0.2, 0) is 9.62 Å². The predicted molar refractivity (Wildman–Crippen MR) is 27.2 cm³/mol. The number of rotatable bonds is 1. The summed E-state index contributed by atoms with van der Waals surface area (Å²) in [6, 6.07) is 0. The van der Waals surface area contributed by atoms with Crippen LogP contribution in [0.15, 0.2) is 12.2 Å². The van der Waals surface area contributed by atoms with Crippen LogP contribution in [0, 0.1) is 0 Å². The molecule has 0 aromatic carbocycles. The van der Waals surface area contributed by atoms with Crippen molar-refractivity contribution >= 4 is 0 Å². The van der Waals surface area contributed by atoms with Crippen LogP contribution >= 0.6 is 0 Å². The van der Waals surface area contributed by atoms with Crippen LogP contribution in [-0.4, -0.2) is 18.2 Å². The molecule has 0 amide bonds. The van der Waals surface area contributed by atoms with Crippen LogP contribution in [0.5, 0.6) is 0 Å². The third-order valence-electron chi connectivity index (χ3n) is 0.964. The molecule has 0 unspecified atom stereocenters. The monoisotopic (exact) mass is 116 g/mol. The van der Waals surface area contributed by atoms with Crippen molar-refractivity contribution in [1.29, 1.82) is 0 Å². The molecule has 46 valence electrons. The minimum Gasteiger partial charge on any atom is -0.346 e. The lowest BCUT2D eigenvalue weighted by molar-refractivity contribution is -0.330. The summed E-state index contributed by atoms with van der Waals surface area (Å²) < 4.78 is 4.87. The fraction of sp³-hybridized carbons (Fsp3) is 0.600. The summed E-state index contributed by atoms with van der Waals surface area (Å²) in [5.74, 6) is 0. The minimum absolute atomic E-state index is 0.538. The Labute approximate surface area is 47.5 Å². The molecule has 1 heterocycles. The van der Waals surface area contributed by atoms with E-state index in [1.54, 1.807) is 6.08 Å². The summed E-state index contributed by atoms with van der Waals surface area (Å²) in [6.45, 7) is 0.627. The summed E-state index contributed by atoms with van der Waals surface area (Å²) in [6.07, 6.45) is 3.94. The van der Waals surface area contributed by atoms with Gasteiger partial charge < -0.3 is 4.74 Å². The van der Waals surface area contributed by atoms with Crippen LogP contribution in [0.1, 0.15) is 6.42 Å². The maximum atomic E-state index is 8.01. The first-order valence-corrected chi connectivity index (χ1v) is 2.52. The zero-order valence-corrected chi connectivity index (χ0v) is 4.41. The summed E-state index contributed by atoms with van der Waals surface area (Å²) >= 11 is 0. The van der Waals surface area contributed by atoms with Gasteiger partial charge in [-0.25, -0.2) is 10.1 Å². The lowest BCUT2D eigenvalue weighted by Crippen LogP contribution is -2.15. The summed E-state index contributed by atoms with van der Waals surface area (Å²) in [5.41, 5.74) is 0. The number of hydrogen-bond acceptors (Lipinski definition) is 3. The van der Waals surface area contributed by atoms with Crippen molar-refractivity contribution in [1.82, 2.24) is 0 Å². The molecule has 1 aliphatic heterocycles. The molecule has 0 aromatic heterocycles. The molecule has 1 aliphatic rings. The first-order chi connectivity index (χ1) is 3.93. The van der Waals surface area contributed by atoms with Crippen LogP contribution in [0.25, 0.3) is 0 Å². The van der Waals surface area contributed by atoms with Crippen molar-refractivity contribution in [3.05, 3.63) is 12.2 Å². The highest BCUT2D eigenvalue weighted by molar-refractivity contribution is 4.87. The van der Waals surface area contributed by atoms with Crippen LogP contribution in [0.3, 0.4) is 0 Å². The minimum atomic E-state index is -0.538. The predicted octanol–water partition coefficient (Wildman–Crippen LogP) is 0.779. The van der Waals surface area contributed by atoms with E-state index in [9.17, 15) is 0 Å². The Bertz CT molecular complexity index is 89.7. The van der Waals surface area contributed by atoms with Gasteiger partial charge in [-0.15, -0.1) is 0 Å². The van der Waals surface area contributed by atoms with Gasteiger partial charge in [0.1, 0.15) is 0 Å². The Balaban J connectivity index is 2.32. The second-order valence-electron chi connectivity index (χ2n) is 1.56. The second kappa shape index (κ2) is 2.81. The molecule has 0 saturated carbocycles. The van der Waals surface area contributed by atoms with Gasteiger partial charge in [-0.1, -0.05) is 6.08 Å². The fourth-order valence-corrected chi connectivity index (χ4v) is 0.581. The Hall–Kier alpha value is -0.380. The van der Waals surface area contributed by atoms with E-state index < -0.39 is 6.29 Å². The van der Waals surface area contributed by atoms with Gasteiger partial charge >= 0.3 is 0 Å². The van der Waals surface area contributed by atoms with Crippen molar-refractivity contribution in [3.63, 3.8) is 0 Å². The molecule has 1 rings (SSSR count). The van der Waals surface area contributed by atoms with E-state index in [2.05, 4.69) is 4.89 Å². The first-order valence-electron chi connectivity index (χ1n) is 2.52. The molecule has 1 N–H and O–H groups in total. The molecule has 0 bridgehead atoms. The molecule has 3 heteroatoms. The zero-order chi connectivity index (χ0) is 5.82. The van der Waals surface area contributed by atoms with Crippen molar-refractivity contribution in [2.75, 3.05) is 6.61 Å². The van der Waals surface area contributed by atoms with E-state index in [-0.39, 0.29) is 0 Å². The topological polar surface area (TPSA) is 38.7 Å². The molecule has 0 radical (unpaired) electrons. The van der Waals surface area contributed by atoms with E-state index in [1.165, 1.54) is 0 Å². The molecule has 0 aromatic rings. The van der Waals surface area contributed by atoms with Crippen LogP contribution in [0.4, 0.5) is 0 Å². The van der Waals surface area contributed by atoms with E-state index in [0.29, 0.717) is 6.61 Å². The molecule has 1 atom stereocenters. The molecule has 0 saturated heterocycles. The van der Waals surface area contributed by atoms with Gasteiger partial charge in [0.05, 0.1) is 6.61 Å². The summed E-state index contributed by atoms with van der Waals surface area (Å²) in [5, 5.41) is 8.01. The van der Waals surface area contributed by atoms with Crippen molar-refractivity contribution in [3.8, 4) is 0 Å². The zero-order valence-electron chi connectivity index (χ0n) is 4.41. The highest BCUT2D eigenvalue weighted by atomic mass is 17.1. The molecular formula is C5H8O3. The Morgan fingerprint density at radius 2 is 2.62 bits per heavy atom. The quantitative estimate of drug-likeness (QED) is 0.312. The van der Waals surface area contributed by atoms with Gasteiger partial charge in [-0.2, -0.15) is 0 Å². The highest BCUT2D eigenvalue weighted by Gasteiger charge is 2.05. The molecule has 0 aliphatic carbocycles. The van der Waals surface area contributed by atoms with Crippen LogP contribution in [0.2, 0.25) is 0 Å². The average Bonchev–Trinajstić information content (AvgIpc) is 1.90. The van der Waals surface area contributed by atoms with Gasteiger partial charge in [0.25, 0.3) is 0 Å². The van der Waals surface area contributed by atoms with Gasteiger partial charge in [0.2, 0.25) is 6.29 Å². The van der Waals surface area contributed by atoms with Gasteiger partial charge in [-0.05, 0) is 12.5 Å². The van der Waals surface area contributed by atoms with Crippen molar-refractivity contribution in [2.45, 2.75) is 12.7 Å². The normalized spacial score (nSPS) is 28.4. The third-order valence-corrected chi connectivity index (χ3v) is 0.964. The highest BCUT2D eigenvalue weighted by Crippen LogP contribution is 2.02. The van der Waals surface area contributed by atoms with E-state index >= 15 is 0 Å². The van der Waals surface area contributed by atoms with Gasteiger partial charge in [0.15, 0.2) is 0 Å². The molecule has 0 spiro atoms. The Morgan fingerprint density at radius 3 is 3.00 bits per heavy atom. The number of hydrogen-bond donors (Lipinski definition) is 1. The van der Waals surface area contributed by atoms with Crippen LogP contribution < -0.4 is 0 Å². The molecule has 8 heavy (non-hydrogen) atoms. The smallest absolute Gasteiger partial charge is 0.210 e. The van der Waals surface area contributed by atoms with Gasteiger partial charge in [-0.3, -0.25) is 0 Å². The Kier molecular flexibility index (Phi) is 2.02. The molecule has 0 fully saturated rings. The molecule has 3 nitrogen and oxygen atoms in total. The third kappa shape index (κ3) is 1.30. The van der Waals surface area contributed by atoms with E-state index in [4.69, 9.17) is 9.99 Å². The lowest BCUT2D eigenvalue weighted by Gasteiger charge is -2.12. The average molecular weight is 116 g/mol. The van der Waals surface area contributed by atoms with Crippen molar-refractivity contribution < 1.29 is 14.9 Å². The molecular weight excluding hydrogens is 108 g/mol. The summed E-state index contributed by atoms with van der Waals surface area (Å²) in [7, 11) is 0. The number of ether oxygens (including phenoxy) is 1. The standard InChI is InChI=1S/C5H8O3/c6-8-5-3-1-2-4-7-5/h1,3,5-6H,2,4H2/t5-/m1/s1. The van der Waals surface area contributed by atoms with E-state index in [1.807, 2.05) is 6.08 Å². The maximum Gasteiger partial charge on any atom is 0.210 e. The lowest BCUT2D eigenvalue weighted by atomic mass is 10.3. The SMILES string of the molecule is OO[C@@H]1C=CCCO1.